The first kappa shape index (κ1) is 22.8. The van der Waals surface area contributed by atoms with Gasteiger partial charge >= 0.3 is 0 Å². The van der Waals surface area contributed by atoms with Crippen LogP contribution in [0.3, 0.4) is 0 Å². The van der Waals surface area contributed by atoms with Crippen LogP contribution in [0.1, 0.15) is 38.3 Å². The molecule has 0 bridgehead atoms. The Hall–Kier alpha value is -1.86. The maximum Gasteiger partial charge on any atom is 0.261 e. The van der Waals surface area contributed by atoms with E-state index in [4.69, 9.17) is 4.74 Å². The molecule has 0 spiro atoms. The Labute approximate surface area is 187 Å². The van der Waals surface area contributed by atoms with Crippen molar-refractivity contribution >= 4 is 31.7 Å². The molecule has 1 heterocycles. The van der Waals surface area contributed by atoms with E-state index >= 15 is 0 Å². The topological polar surface area (TPSA) is 63.7 Å². The van der Waals surface area contributed by atoms with Gasteiger partial charge in [-0.25, -0.2) is 8.42 Å². The Morgan fingerprint density at radius 2 is 1.87 bits per heavy atom. The molecule has 5 nitrogen and oxygen atoms in total. The van der Waals surface area contributed by atoms with Crippen molar-refractivity contribution in [3.63, 3.8) is 0 Å². The minimum Gasteiger partial charge on any atom is -0.484 e. The maximum absolute atomic E-state index is 13.0. The predicted molar refractivity (Wildman–Crippen MR) is 122 cm³/mol. The highest BCUT2D eigenvalue weighted by atomic mass is 79.9. The third kappa shape index (κ3) is 6.08. The summed E-state index contributed by atoms with van der Waals surface area (Å²) in [5.74, 6) is 0.539. The molecule has 1 saturated heterocycles. The van der Waals surface area contributed by atoms with Crippen molar-refractivity contribution in [3.05, 3.63) is 64.1 Å². The first-order valence-electron chi connectivity index (χ1n) is 10.0. The first-order valence-corrected chi connectivity index (χ1v) is 12.6. The van der Waals surface area contributed by atoms with Crippen LogP contribution >= 0.6 is 15.9 Å². The van der Waals surface area contributed by atoms with Crippen LogP contribution in [0.15, 0.2) is 53.0 Å². The van der Waals surface area contributed by atoms with Crippen molar-refractivity contribution in [1.29, 1.82) is 0 Å². The summed E-state index contributed by atoms with van der Waals surface area (Å²) < 4.78 is 30.6. The fraction of sp³-hybridized carbons (Fsp3) is 0.435. The third-order valence-corrected chi connectivity index (χ3v) is 7.54. The molecule has 1 aliphatic rings. The fourth-order valence-electron chi connectivity index (χ4n) is 3.55. The quantitative estimate of drug-likeness (QED) is 0.600. The third-order valence-electron chi connectivity index (χ3n) is 5.29. The summed E-state index contributed by atoms with van der Waals surface area (Å²) in [7, 11) is -3.10. The number of rotatable bonds is 6. The van der Waals surface area contributed by atoms with Gasteiger partial charge in [-0.15, -0.1) is 0 Å². The molecular weight excluding hydrogens is 466 g/mol. The fourth-order valence-corrected chi connectivity index (χ4v) is 5.73. The molecule has 2 aromatic carbocycles. The van der Waals surface area contributed by atoms with Crippen LogP contribution in [0.25, 0.3) is 0 Å². The van der Waals surface area contributed by atoms with Crippen molar-refractivity contribution < 1.29 is 17.9 Å². The lowest BCUT2D eigenvalue weighted by Crippen LogP contribution is -2.43. The molecular formula is C23H28BrNO4S. The van der Waals surface area contributed by atoms with Gasteiger partial charge in [-0.2, -0.15) is 0 Å². The lowest BCUT2D eigenvalue weighted by atomic mass is 9.87. The van der Waals surface area contributed by atoms with E-state index in [1.165, 1.54) is 5.56 Å². The SMILES string of the molecule is CC(C)(C)c1ccc(OCC(=O)N(Cc2cccc(Br)c2)[C@H]2CCS(=O)(=O)C2)cc1. The highest BCUT2D eigenvalue weighted by Crippen LogP contribution is 2.25. The summed E-state index contributed by atoms with van der Waals surface area (Å²) in [5, 5.41) is 0. The number of ether oxygens (including phenoxy) is 1. The number of hydrogen-bond acceptors (Lipinski definition) is 4. The zero-order valence-electron chi connectivity index (χ0n) is 17.6. The number of carbonyl (C=O) groups excluding carboxylic acids is 1. The zero-order chi connectivity index (χ0) is 21.9. The number of halogens is 1. The van der Waals surface area contributed by atoms with Gasteiger partial charge in [0.15, 0.2) is 16.4 Å². The van der Waals surface area contributed by atoms with Crippen molar-refractivity contribution in [3.8, 4) is 5.75 Å². The summed E-state index contributed by atoms with van der Waals surface area (Å²) in [6.07, 6.45) is 0.461. The second-order valence-corrected chi connectivity index (χ2v) is 11.9. The number of sulfone groups is 1. The lowest BCUT2D eigenvalue weighted by Gasteiger charge is -2.28. The van der Waals surface area contributed by atoms with Crippen molar-refractivity contribution in [2.24, 2.45) is 0 Å². The van der Waals surface area contributed by atoms with E-state index in [-0.39, 0.29) is 35.5 Å². The molecule has 0 aromatic heterocycles. The lowest BCUT2D eigenvalue weighted by molar-refractivity contribution is -0.136. The van der Waals surface area contributed by atoms with Gasteiger partial charge in [0.1, 0.15) is 5.75 Å². The Balaban J connectivity index is 1.71. The maximum atomic E-state index is 13.0. The smallest absolute Gasteiger partial charge is 0.261 e. The van der Waals surface area contributed by atoms with Crippen LogP contribution in [0.2, 0.25) is 0 Å². The molecule has 1 amide bonds. The molecule has 1 atom stereocenters. The van der Waals surface area contributed by atoms with Crippen molar-refractivity contribution in [2.45, 2.75) is 45.2 Å². The first-order chi connectivity index (χ1) is 14.0. The van der Waals surface area contributed by atoms with Gasteiger partial charge in [-0.3, -0.25) is 4.79 Å². The molecule has 0 radical (unpaired) electrons. The molecule has 0 N–H and O–H groups in total. The van der Waals surface area contributed by atoms with Crippen LogP contribution in [0.4, 0.5) is 0 Å². The molecule has 162 valence electrons. The van der Waals surface area contributed by atoms with E-state index in [0.717, 1.165) is 10.0 Å². The number of carbonyl (C=O) groups is 1. The second kappa shape index (κ2) is 9.10. The Morgan fingerprint density at radius 3 is 2.43 bits per heavy atom. The van der Waals surface area contributed by atoms with Gasteiger partial charge in [0.25, 0.3) is 5.91 Å². The number of nitrogens with zero attached hydrogens (tertiary/aromatic N) is 1. The summed E-state index contributed by atoms with van der Waals surface area (Å²) in [6, 6.07) is 15.1. The number of benzene rings is 2. The highest BCUT2D eigenvalue weighted by molar-refractivity contribution is 9.10. The molecule has 0 unspecified atom stereocenters. The van der Waals surface area contributed by atoms with Gasteiger partial charge in [-0.05, 0) is 47.2 Å². The second-order valence-electron chi connectivity index (χ2n) is 8.77. The summed E-state index contributed by atoms with van der Waals surface area (Å²) >= 11 is 3.45. The van der Waals surface area contributed by atoms with Gasteiger partial charge in [0.2, 0.25) is 0 Å². The normalized spacial score (nSPS) is 18.2. The Kier molecular flexibility index (Phi) is 6.92. The number of amides is 1. The molecule has 1 aliphatic heterocycles. The molecule has 1 fully saturated rings. The van der Waals surface area contributed by atoms with Gasteiger partial charge < -0.3 is 9.64 Å². The molecule has 2 aromatic rings. The Bertz CT molecular complexity index is 997. The summed E-state index contributed by atoms with van der Waals surface area (Å²) in [6.45, 7) is 6.65. The molecule has 0 aliphatic carbocycles. The minimum absolute atomic E-state index is 0.00697. The van der Waals surface area contributed by atoms with E-state index < -0.39 is 9.84 Å². The van der Waals surface area contributed by atoms with E-state index in [0.29, 0.717) is 18.7 Å². The monoisotopic (exact) mass is 493 g/mol. The molecule has 3 rings (SSSR count). The number of hydrogen-bond donors (Lipinski definition) is 0. The van der Waals surface area contributed by atoms with Crippen molar-refractivity contribution in [1.82, 2.24) is 4.90 Å². The standard InChI is InChI=1S/C23H28BrNO4S/c1-23(2,3)18-7-9-21(10-8-18)29-15-22(26)25(20-11-12-30(27,28)16-20)14-17-5-4-6-19(24)13-17/h4-10,13,20H,11-12,14-16H2,1-3H3/t20-/m0/s1. The van der Waals surface area contributed by atoms with Gasteiger partial charge in [0.05, 0.1) is 11.5 Å². The average Bonchev–Trinajstić information content (AvgIpc) is 3.03. The predicted octanol–water partition coefficient (Wildman–Crippen LogP) is 4.34. The average molecular weight is 494 g/mol. The minimum atomic E-state index is -3.10. The van der Waals surface area contributed by atoms with Crippen LogP contribution in [0, 0.1) is 0 Å². The van der Waals surface area contributed by atoms with Gasteiger partial charge in [0, 0.05) is 17.1 Å². The Morgan fingerprint density at radius 1 is 1.17 bits per heavy atom. The summed E-state index contributed by atoms with van der Waals surface area (Å²) in [5.41, 5.74) is 2.17. The van der Waals surface area contributed by atoms with Crippen LogP contribution in [0.5, 0.6) is 5.75 Å². The van der Waals surface area contributed by atoms with Crippen LogP contribution in [-0.2, 0) is 26.6 Å². The van der Waals surface area contributed by atoms with Gasteiger partial charge in [-0.1, -0.05) is 61.0 Å². The van der Waals surface area contributed by atoms with Crippen molar-refractivity contribution in [2.75, 3.05) is 18.1 Å². The highest BCUT2D eigenvalue weighted by Gasteiger charge is 2.34. The summed E-state index contributed by atoms with van der Waals surface area (Å²) in [4.78, 5) is 14.7. The van der Waals surface area contributed by atoms with E-state index in [1.54, 1.807) is 4.90 Å². The molecule has 7 heteroatoms. The largest absolute Gasteiger partial charge is 0.484 e. The van der Waals surface area contributed by atoms with Crippen LogP contribution < -0.4 is 4.74 Å². The van der Waals surface area contributed by atoms with Crippen LogP contribution in [-0.4, -0.2) is 43.4 Å². The van der Waals surface area contributed by atoms with E-state index in [1.807, 2.05) is 48.5 Å². The van der Waals surface area contributed by atoms with E-state index in [9.17, 15) is 13.2 Å². The zero-order valence-corrected chi connectivity index (χ0v) is 20.0. The van der Waals surface area contributed by atoms with E-state index in [2.05, 4.69) is 36.7 Å². The molecule has 0 saturated carbocycles. The molecule has 30 heavy (non-hydrogen) atoms.